The van der Waals surface area contributed by atoms with Gasteiger partial charge in [0.25, 0.3) is 5.69 Å². The molecule has 0 N–H and O–H groups in total. The Bertz CT molecular complexity index is 961. The van der Waals surface area contributed by atoms with E-state index < -0.39 is 10.9 Å². The Balaban J connectivity index is 1.72. The van der Waals surface area contributed by atoms with Crippen LogP contribution in [0.4, 0.5) is 5.69 Å². The van der Waals surface area contributed by atoms with Crippen molar-refractivity contribution < 1.29 is 28.7 Å². The number of nitro groups is 1. The predicted molar refractivity (Wildman–Crippen MR) is 99.2 cm³/mol. The quantitative estimate of drug-likeness (QED) is 0.325. The van der Waals surface area contributed by atoms with Crippen LogP contribution < -0.4 is 9.47 Å². The first-order valence-electron chi connectivity index (χ1n) is 8.48. The molecule has 2 aromatic rings. The first-order chi connectivity index (χ1) is 13.3. The molecular weight excluding hydrogens is 366 g/mol. The molecule has 0 bridgehead atoms. The number of ether oxygens (including phenoxy) is 3. The number of nitro benzene ring substituents is 1. The van der Waals surface area contributed by atoms with Crippen LogP contribution in [0.25, 0.3) is 6.08 Å². The minimum Gasteiger partial charge on any atom is -0.482 e. The molecule has 0 radical (unpaired) electrons. The third kappa shape index (κ3) is 4.35. The Morgan fingerprint density at radius 1 is 1.21 bits per heavy atom. The maximum atomic E-state index is 12.5. The van der Waals surface area contributed by atoms with E-state index in [1.54, 1.807) is 26.0 Å². The number of benzene rings is 2. The molecule has 0 saturated heterocycles. The van der Waals surface area contributed by atoms with Crippen LogP contribution in [0.3, 0.4) is 0 Å². The molecule has 0 aliphatic carbocycles. The molecule has 1 aliphatic heterocycles. The molecule has 28 heavy (non-hydrogen) atoms. The normalized spacial score (nSPS) is 14.0. The lowest BCUT2D eigenvalue weighted by atomic mass is 10.1. The zero-order chi connectivity index (χ0) is 20.3. The lowest BCUT2D eigenvalue weighted by molar-refractivity contribution is -0.384. The summed E-state index contributed by atoms with van der Waals surface area (Å²) in [6.45, 7) is 3.23. The number of carbonyl (C=O) groups is 2. The molecule has 0 unspecified atom stereocenters. The van der Waals surface area contributed by atoms with Crippen LogP contribution in [-0.4, -0.2) is 29.4 Å². The fraction of sp³-hybridized carbons (Fsp3) is 0.200. The number of allylic oxidation sites excluding steroid dienone is 1. The Morgan fingerprint density at radius 2 is 1.93 bits per heavy atom. The lowest BCUT2D eigenvalue weighted by Gasteiger charge is -2.09. The number of carbonyl (C=O) groups excluding carboxylic acids is 2. The van der Waals surface area contributed by atoms with Gasteiger partial charge in [-0.2, -0.15) is 0 Å². The highest BCUT2D eigenvalue weighted by atomic mass is 16.6. The number of non-ortho nitro benzene ring substituents is 1. The number of hydrogen-bond donors (Lipinski definition) is 0. The summed E-state index contributed by atoms with van der Waals surface area (Å²) in [5, 5.41) is 10.7. The summed E-state index contributed by atoms with van der Waals surface area (Å²) in [5.41, 5.74) is 0.918. The second-order valence-electron chi connectivity index (χ2n) is 6.27. The summed E-state index contributed by atoms with van der Waals surface area (Å²) >= 11 is 0. The minimum atomic E-state index is -0.498. The van der Waals surface area contributed by atoms with Crippen molar-refractivity contribution in [2.45, 2.75) is 20.0 Å². The number of esters is 1. The second-order valence-corrected chi connectivity index (χ2v) is 6.27. The van der Waals surface area contributed by atoms with Gasteiger partial charge in [-0.05, 0) is 49.8 Å². The van der Waals surface area contributed by atoms with E-state index in [9.17, 15) is 19.7 Å². The first kappa shape index (κ1) is 19.1. The maximum absolute atomic E-state index is 12.5. The number of hydrogen-bond acceptors (Lipinski definition) is 7. The summed E-state index contributed by atoms with van der Waals surface area (Å²) in [4.78, 5) is 34.2. The van der Waals surface area contributed by atoms with Crippen molar-refractivity contribution in [2.75, 3.05) is 6.61 Å². The third-order valence-electron chi connectivity index (χ3n) is 3.77. The largest absolute Gasteiger partial charge is 0.482 e. The van der Waals surface area contributed by atoms with Crippen molar-refractivity contribution in [3.8, 4) is 11.5 Å². The Kier molecular flexibility index (Phi) is 5.39. The smallest absolute Gasteiger partial charge is 0.344 e. The standard InChI is InChI=1S/C20H17NO7/c1-12(2)27-19(22)11-26-15-7-8-16-17(10-15)28-18(20(16)23)9-13-3-5-14(6-4-13)21(24)25/h3-10,12H,11H2,1-2H3/b18-9-. The Morgan fingerprint density at radius 3 is 2.57 bits per heavy atom. The fourth-order valence-electron chi connectivity index (χ4n) is 2.54. The summed E-state index contributed by atoms with van der Waals surface area (Å²) in [7, 11) is 0. The minimum absolute atomic E-state index is 0.0399. The van der Waals surface area contributed by atoms with E-state index in [1.165, 1.54) is 36.4 Å². The predicted octanol–water partition coefficient (Wildman–Crippen LogP) is 3.54. The van der Waals surface area contributed by atoms with Gasteiger partial charge in [0.05, 0.1) is 16.6 Å². The van der Waals surface area contributed by atoms with Crippen LogP contribution in [0.2, 0.25) is 0 Å². The number of fused-ring (bicyclic) bond motifs is 1. The fourth-order valence-corrected chi connectivity index (χ4v) is 2.54. The number of nitrogens with zero attached hydrogens (tertiary/aromatic N) is 1. The highest BCUT2D eigenvalue weighted by molar-refractivity contribution is 6.14. The van der Waals surface area contributed by atoms with Crippen LogP contribution in [-0.2, 0) is 9.53 Å². The van der Waals surface area contributed by atoms with Gasteiger partial charge >= 0.3 is 5.97 Å². The molecule has 0 atom stereocenters. The van der Waals surface area contributed by atoms with E-state index in [0.29, 0.717) is 22.6 Å². The number of rotatable bonds is 6. The highest BCUT2D eigenvalue weighted by Crippen LogP contribution is 2.35. The Labute approximate surface area is 160 Å². The molecule has 1 heterocycles. The van der Waals surface area contributed by atoms with Gasteiger partial charge in [-0.3, -0.25) is 14.9 Å². The van der Waals surface area contributed by atoms with E-state index in [-0.39, 0.29) is 29.9 Å². The van der Waals surface area contributed by atoms with E-state index >= 15 is 0 Å². The number of ketones is 1. The van der Waals surface area contributed by atoms with Crippen LogP contribution in [0.5, 0.6) is 11.5 Å². The molecule has 144 valence electrons. The third-order valence-corrected chi connectivity index (χ3v) is 3.77. The molecule has 1 aliphatic rings. The molecule has 0 spiro atoms. The van der Waals surface area contributed by atoms with Crippen LogP contribution in [0.15, 0.2) is 48.2 Å². The number of Topliss-reactive ketones (excluding diaryl/α,β-unsaturated/α-hetero) is 1. The second kappa shape index (κ2) is 7.91. The van der Waals surface area contributed by atoms with Crippen LogP contribution in [0.1, 0.15) is 29.8 Å². The van der Waals surface area contributed by atoms with Crippen molar-refractivity contribution in [2.24, 2.45) is 0 Å². The summed E-state index contributed by atoms with van der Waals surface area (Å²) in [5.74, 6) is -0.0256. The zero-order valence-electron chi connectivity index (χ0n) is 15.2. The molecule has 8 nitrogen and oxygen atoms in total. The summed E-state index contributed by atoms with van der Waals surface area (Å²) in [6, 6.07) is 10.4. The Hall–Kier alpha value is -3.68. The molecule has 0 aromatic heterocycles. The maximum Gasteiger partial charge on any atom is 0.344 e. The van der Waals surface area contributed by atoms with Gasteiger partial charge in [0, 0.05) is 18.2 Å². The van der Waals surface area contributed by atoms with Crippen molar-refractivity contribution >= 4 is 23.5 Å². The van der Waals surface area contributed by atoms with Crippen molar-refractivity contribution in [1.29, 1.82) is 0 Å². The van der Waals surface area contributed by atoms with Gasteiger partial charge in [-0.15, -0.1) is 0 Å². The van der Waals surface area contributed by atoms with Crippen molar-refractivity contribution in [1.82, 2.24) is 0 Å². The lowest BCUT2D eigenvalue weighted by Crippen LogP contribution is -2.18. The van der Waals surface area contributed by atoms with Crippen molar-refractivity contribution in [3.05, 3.63) is 69.5 Å². The first-order valence-corrected chi connectivity index (χ1v) is 8.48. The van der Waals surface area contributed by atoms with Gasteiger partial charge in [-0.25, -0.2) is 4.79 Å². The summed E-state index contributed by atoms with van der Waals surface area (Å²) in [6.07, 6.45) is 1.27. The highest BCUT2D eigenvalue weighted by Gasteiger charge is 2.28. The molecule has 0 fully saturated rings. The molecule has 2 aromatic carbocycles. The van der Waals surface area contributed by atoms with E-state index in [2.05, 4.69) is 0 Å². The van der Waals surface area contributed by atoms with Gasteiger partial charge in [0.2, 0.25) is 5.78 Å². The van der Waals surface area contributed by atoms with E-state index in [4.69, 9.17) is 14.2 Å². The zero-order valence-corrected chi connectivity index (χ0v) is 15.2. The SMILES string of the molecule is CC(C)OC(=O)COc1ccc2c(c1)O/C(=C\c1ccc([N+](=O)[O-])cc1)C2=O. The van der Waals surface area contributed by atoms with Gasteiger partial charge in [0.1, 0.15) is 11.5 Å². The average molecular weight is 383 g/mol. The van der Waals surface area contributed by atoms with E-state index in [1.807, 2.05) is 0 Å². The van der Waals surface area contributed by atoms with E-state index in [0.717, 1.165) is 0 Å². The van der Waals surface area contributed by atoms with Crippen molar-refractivity contribution in [3.63, 3.8) is 0 Å². The van der Waals surface area contributed by atoms with Crippen LogP contribution in [0, 0.1) is 10.1 Å². The molecule has 3 rings (SSSR count). The summed E-state index contributed by atoms with van der Waals surface area (Å²) < 4.78 is 16.0. The monoisotopic (exact) mass is 383 g/mol. The average Bonchev–Trinajstić information content (AvgIpc) is 2.95. The van der Waals surface area contributed by atoms with Gasteiger partial charge < -0.3 is 14.2 Å². The molecule has 8 heteroatoms. The topological polar surface area (TPSA) is 105 Å². The van der Waals surface area contributed by atoms with Crippen LogP contribution >= 0.6 is 0 Å². The van der Waals surface area contributed by atoms with Gasteiger partial charge in [0.15, 0.2) is 12.4 Å². The molecule has 0 amide bonds. The molecule has 0 saturated carbocycles. The van der Waals surface area contributed by atoms with Gasteiger partial charge in [-0.1, -0.05) is 0 Å². The molecular formula is C20H17NO7.